The summed E-state index contributed by atoms with van der Waals surface area (Å²) in [6, 6.07) is 8.16. The molecule has 0 spiro atoms. The first-order valence-corrected chi connectivity index (χ1v) is 9.95. The summed E-state index contributed by atoms with van der Waals surface area (Å²) >= 11 is 0. The number of sulfonamides is 1. The van der Waals surface area contributed by atoms with Crippen LogP contribution in [-0.2, 0) is 14.8 Å². The topological polar surface area (TPSA) is 147 Å². The zero-order valence-corrected chi connectivity index (χ0v) is 16.3. The van der Waals surface area contributed by atoms with Crippen molar-refractivity contribution in [1.29, 1.82) is 0 Å². The van der Waals surface area contributed by atoms with Crippen molar-refractivity contribution in [2.24, 2.45) is 0 Å². The van der Waals surface area contributed by atoms with Gasteiger partial charge in [-0.3, -0.25) is 4.79 Å². The molecule has 0 heterocycles. The Balaban J connectivity index is 2.44. The number of benzene rings is 2. The van der Waals surface area contributed by atoms with Crippen LogP contribution in [0.2, 0.25) is 0 Å². The first-order valence-electron chi connectivity index (χ1n) is 8.47. The lowest BCUT2D eigenvalue weighted by molar-refractivity contribution is -0.137. The molecule has 154 valence electrons. The van der Waals surface area contributed by atoms with Crippen LogP contribution in [0.1, 0.15) is 0 Å². The number of hydrogen-bond donors (Lipinski definition) is 5. The van der Waals surface area contributed by atoms with Gasteiger partial charge in [0.25, 0.3) is 0 Å². The van der Waals surface area contributed by atoms with Gasteiger partial charge in [-0.15, -0.1) is 0 Å². The van der Waals surface area contributed by atoms with Gasteiger partial charge in [0.2, 0.25) is 10.0 Å². The van der Waals surface area contributed by atoms with Crippen LogP contribution in [0, 0.1) is 0 Å². The second kappa shape index (κ2) is 8.95. The smallest absolute Gasteiger partial charge is 0.241 e. The number of fused-ring (bicyclic) bond motifs is 1. The van der Waals surface area contributed by atoms with Crippen molar-refractivity contribution in [3.05, 3.63) is 36.4 Å². The van der Waals surface area contributed by atoms with Crippen molar-refractivity contribution >= 4 is 32.3 Å². The molecular weight excluding hydrogens is 388 g/mol. The summed E-state index contributed by atoms with van der Waals surface area (Å²) in [6.45, 7) is -1.82. The predicted molar refractivity (Wildman–Crippen MR) is 104 cm³/mol. The van der Waals surface area contributed by atoms with Crippen molar-refractivity contribution in [2.75, 3.05) is 32.2 Å². The maximum absolute atomic E-state index is 12.9. The number of anilines is 1. The molecule has 2 rings (SSSR count). The molecule has 9 nitrogen and oxygen atoms in total. The lowest BCUT2D eigenvalue weighted by Gasteiger charge is -2.22. The summed E-state index contributed by atoms with van der Waals surface area (Å²) in [6.07, 6.45) is -3.83. The number of aliphatic hydroxyl groups excluding tert-OH is 4. The number of aliphatic hydroxyl groups is 4. The van der Waals surface area contributed by atoms with Crippen molar-refractivity contribution in [2.45, 2.75) is 23.1 Å². The monoisotopic (exact) mass is 412 g/mol. The fraction of sp³-hybridized carbons (Fsp3) is 0.389. The molecule has 2 aromatic carbocycles. The molecule has 28 heavy (non-hydrogen) atoms. The molecule has 0 saturated carbocycles. The highest BCUT2D eigenvalue weighted by atomic mass is 32.2. The van der Waals surface area contributed by atoms with Crippen LogP contribution in [0.4, 0.5) is 5.69 Å². The van der Waals surface area contributed by atoms with E-state index in [0.717, 1.165) is 5.69 Å². The van der Waals surface area contributed by atoms with Gasteiger partial charge >= 0.3 is 0 Å². The Morgan fingerprint density at radius 3 is 2.21 bits per heavy atom. The van der Waals surface area contributed by atoms with Gasteiger partial charge in [-0.2, -0.15) is 4.72 Å². The standard InChI is InChI=1S/C18H24N2O7S/c1-20(2)14-7-3-6-12-11(14)5-4-8-16(12)28(26,27)19-13(9-21)17(24)18(25)15(23)10-22/h3-8,13,15,18-19,21-23,25H,9-10H2,1-2H3/t13-,15+,18+/m0/s1. The molecule has 0 radical (unpaired) electrons. The minimum Gasteiger partial charge on any atom is -0.394 e. The van der Waals surface area contributed by atoms with Gasteiger partial charge in [0, 0.05) is 30.6 Å². The van der Waals surface area contributed by atoms with E-state index in [9.17, 15) is 28.5 Å². The van der Waals surface area contributed by atoms with Crippen molar-refractivity contribution in [1.82, 2.24) is 4.72 Å². The maximum atomic E-state index is 12.9. The van der Waals surface area contributed by atoms with Gasteiger partial charge in [0.15, 0.2) is 5.78 Å². The van der Waals surface area contributed by atoms with Gasteiger partial charge in [0.05, 0.1) is 18.1 Å². The molecule has 2 aromatic rings. The Kier molecular flexibility index (Phi) is 7.10. The van der Waals surface area contributed by atoms with E-state index in [4.69, 9.17) is 5.11 Å². The van der Waals surface area contributed by atoms with E-state index >= 15 is 0 Å². The average molecular weight is 412 g/mol. The first-order chi connectivity index (χ1) is 13.1. The van der Waals surface area contributed by atoms with Gasteiger partial charge in [-0.1, -0.05) is 24.3 Å². The molecule has 10 heteroatoms. The third kappa shape index (κ3) is 4.49. The third-order valence-corrected chi connectivity index (χ3v) is 5.83. The summed E-state index contributed by atoms with van der Waals surface area (Å²) in [5, 5.41) is 38.5. The number of nitrogens with one attached hydrogen (secondary N) is 1. The highest BCUT2D eigenvalue weighted by Crippen LogP contribution is 2.30. The maximum Gasteiger partial charge on any atom is 0.241 e. The number of carbonyl (C=O) groups is 1. The average Bonchev–Trinajstić information content (AvgIpc) is 2.69. The lowest BCUT2D eigenvalue weighted by Crippen LogP contribution is -2.51. The second-order valence-electron chi connectivity index (χ2n) is 6.48. The Hall–Kier alpha value is -2.08. The van der Waals surface area contributed by atoms with Crippen molar-refractivity contribution in [3.63, 3.8) is 0 Å². The summed E-state index contributed by atoms with van der Waals surface area (Å²) in [5.41, 5.74) is 0.797. The molecular formula is C18H24N2O7S. The molecule has 0 aliphatic carbocycles. The lowest BCUT2D eigenvalue weighted by atomic mass is 10.0. The van der Waals surface area contributed by atoms with E-state index in [0.29, 0.717) is 10.8 Å². The quantitative estimate of drug-likeness (QED) is 0.346. The van der Waals surface area contributed by atoms with Gasteiger partial charge in [-0.05, 0) is 12.1 Å². The number of hydrogen-bond acceptors (Lipinski definition) is 8. The van der Waals surface area contributed by atoms with Gasteiger partial charge in [-0.25, -0.2) is 8.42 Å². The predicted octanol–water partition coefficient (Wildman–Crippen LogP) is -1.17. The molecule has 0 bridgehead atoms. The van der Waals surface area contributed by atoms with E-state index in [-0.39, 0.29) is 4.90 Å². The van der Waals surface area contributed by atoms with Crippen molar-refractivity contribution < 1.29 is 33.6 Å². The molecule has 0 unspecified atom stereocenters. The van der Waals surface area contributed by atoms with Gasteiger partial charge < -0.3 is 25.3 Å². The van der Waals surface area contributed by atoms with Crippen LogP contribution in [0.25, 0.3) is 10.8 Å². The minimum absolute atomic E-state index is 0.0999. The molecule has 0 fully saturated rings. The van der Waals surface area contributed by atoms with E-state index in [2.05, 4.69) is 4.72 Å². The molecule has 0 aromatic heterocycles. The molecule has 0 saturated heterocycles. The van der Waals surface area contributed by atoms with E-state index in [1.165, 1.54) is 6.07 Å². The fourth-order valence-electron chi connectivity index (χ4n) is 2.82. The molecule has 0 amide bonds. The van der Waals surface area contributed by atoms with E-state index in [1.54, 1.807) is 24.3 Å². The van der Waals surface area contributed by atoms with Crippen LogP contribution < -0.4 is 9.62 Å². The van der Waals surface area contributed by atoms with Gasteiger partial charge in [0.1, 0.15) is 18.2 Å². The number of rotatable bonds is 9. The number of ketones is 1. The first kappa shape index (κ1) is 22.2. The zero-order chi connectivity index (χ0) is 21.1. The SMILES string of the molecule is CN(C)c1cccc2c(S(=O)(=O)N[C@@H](CO)C(=O)[C@H](O)[C@H](O)CO)cccc12. The van der Waals surface area contributed by atoms with Crippen LogP contribution in [0.15, 0.2) is 41.3 Å². The molecule has 5 N–H and O–H groups in total. The number of Topliss-reactive ketones (excluding diaryl/α,β-unsaturated/α-hetero) is 1. The second-order valence-corrected chi connectivity index (χ2v) is 8.16. The van der Waals surface area contributed by atoms with E-state index < -0.39 is 47.3 Å². The van der Waals surface area contributed by atoms with E-state index in [1.807, 2.05) is 25.1 Å². The highest BCUT2D eigenvalue weighted by molar-refractivity contribution is 7.89. The fourth-order valence-corrected chi connectivity index (χ4v) is 4.24. The number of nitrogens with zero attached hydrogens (tertiary/aromatic N) is 1. The third-order valence-electron chi connectivity index (χ3n) is 4.30. The largest absolute Gasteiger partial charge is 0.394 e. The summed E-state index contributed by atoms with van der Waals surface area (Å²) in [4.78, 5) is 13.9. The van der Waals surface area contributed by atoms with Crippen molar-refractivity contribution in [3.8, 4) is 0 Å². The highest BCUT2D eigenvalue weighted by Gasteiger charge is 2.33. The Bertz CT molecular complexity index is 946. The zero-order valence-electron chi connectivity index (χ0n) is 15.5. The van der Waals surface area contributed by atoms with Crippen LogP contribution in [0.5, 0.6) is 0 Å². The molecule has 0 aliphatic rings. The Labute approximate surface area is 162 Å². The van der Waals surface area contributed by atoms with Crippen LogP contribution in [-0.4, -0.2) is 80.2 Å². The summed E-state index contributed by atoms with van der Waals surface area (Å²) < 4.78 is 27.8. The normalized spacial score (nSPS) is 15.2. The summed E-state index contributed by atoms with van der Waals surface area (Å²) in [5.74, 6) is -1.15. The Morgan fingerprint density at radius 2 is 1.64 bits per heavy atom. The molecule has 3 atom stereocenters. The summed E-state index contributed by atoms with van der Waals surface area (Å²) in [7, 11) is -0.612. The van der Waals surface area contributed by atoms with Crippen LogP contribution >= 0.6 is 0 Å². The van der Waals surface area contributed by atoms with Crippen LogP contribution in [0.3, 0.4) is 0 Å². The number of carbonyl (C=O) groups excluding carboxylic acids is 1. The molecule has 0 aliphatic heterocycles. The Morgan fingerprint density at radius 1 is 1.04 bits per heavy atom. The minimum atomic E-state index is -4.26.